The Morgan fingerprint density at radius 3 is 2.48 bits per heavy atom. The minimum absolute atomic E-state index is 0.00299. The van der Waals surface area contributed by atoms with Crippen LogP contribution in [0.2, 0.25) is 5.02 Å². The van der Waals surface area contributed by atoms with Gasteiger partial charge in [-0.1, -0.05) is 23.7 Å². The van der Waals surface area contributed by atoms with Gasteiger partial charge in [-0.05, 0) is 73.7 Å². The number of likely N-dealkylation sites (N-methyl/N-ethyl adjacent to an activating group) is 1. The normalized spacial score (nSPS) is 24.3. The lowest BCUT2D eigenvalue weighted by Gasteiger charge is -2.35. The highest BCUT2D eigenvalue weighted by Crippen LogP contribution is 2.25. The third kappa shape index (κ3) is 6.92. The van der Waals surface area contributed by atoms with Crippen LogP contribution in [0.25, 0.3) is 10.8 Å². The summed E-state index contributed by atoms with van der Waals surface area (Å²) in [5.74, 6) is -0.542. The molecule has 3 unspecified atom stereocenters. The second-order valence-electron chi connectivity index (χ2n) is 11.6. The van der Waals surface area contributed by atoms with Crippen LogP contribution in [0.1, 0.15) is 32.1 Å². The molecule has 1 N–H and O–H groups in total. The predicted molar refractivity (Wildman–Crippen MR) is 161 cm³/mol. The summed E-state index contributed by atoms with van der Waals surface area (Å²) in [4.78, 5) is 32.3. The number of rotatable bonds is 9. The van der Waals surface area contributed by atoms with E-state index in [4.69, 9.17) is 11.6 Å². The number of carbonyl (C=O) groups excluding carboxylic acids is 2. The number of hydrogen-bond acceptors (Lipinski definition) is 7. The second kappa shape index (κ2) is 12.4. The standard InChI is InChI=1S/C28H38ClN5O6S2/c1-31(41(2,37)38)23-11-14-32(17-23)18-24-5-3-13-34(24)27(35)19-33-12-4-6-26(28(33)36)30-42(39,40)25-10-8-20-15-22(29)9-7-21(20)16-25/h7-10,15-16,23-24,26,30H,3-6,11-14,17-19H2,1-2H3. The first-order valence-electron chi connectivity index (χ1n) is 14.3. The number of nitrogens with one attached hydrogen (secondary N) is 1. The Morgan fingerprint density at radius 1 is 1.00 bits per heavy atom. The quantitative estimate of drug-likeness (QED) is 0.443. The summed E-state index contributed by atoms with van der Waals surface area (Å²) in [7, 11) is -5.64. The van der Waals surface area contributed by atoms with Crippen molar-refractivity contribution in [1.29, 1.82) is 0 Å². The van der Waals surface area contributed by atoms with Gasteiger partial charge in [0.2, 0.25) is 31.9 Å². The Kier molecular flexibility index (Phi) is 9.17. The highest BCUT2D eigenvalue weighted by Gasteiger charge is 2.38. The first kappa shape index (κ1) is 31.1. The largest absolute Gasteiger partial charge is 0.337 e. The summed E-state index contributed by atoms with van der Waals surface area (Å²) in [6.45, 7) is 2.96. The zero-order chi connectivity index (χ0) is 30.2. The molecule has 0 aromatic heterocycles. The molecule has 3 heterocycles. The molecule has 14 heteroatoms. The van der Waals surface area contributed by atoms with Crippen molar-refractivity contribution < 1.29 is 26.4 Å². The molecule has 0 radical (unpaired) electrons. The van der Waals surface area contributed by atoms with Crippen LogP contribution in [0.4, 0.5) is 0 Å². The average Bonchev–Trinajstić information content (AvgIpc) is 3.59. The van der Waals surface area contributed by atoms with Gasteiger partial charge in [-0.25, -0.2) is 21.1 Å². The Labute approximate surface area is 252 Å². The molecular formula is C28H38ClN5O6S2. The van der Waals surface area contributed by atoms with Crippen LogP contribution in [-0.4, -0.2) is 118 Å². The highest BCUT2D eigenvalue weighted by atomic mass is 35.5. The second-order valence-corrected chi connectivity index (χ2v) is 15.8. The van der Waals surface area contributed by atoms with Crippen molar-refractivity contribution in [2.75, 3.05) is 52.6 Å². The molecule has 3 fully saturated rings. The highest BCUT2D eigenvalue weighted by molar-refractivity contribution is 7.89. The van der Waals surface area contributed by atoms with Gasteiger partial charge in [0, 0.05) is 50.3 Å². The fraction of sp³-hybridized carbons (Fsp3) is 0.571. The van der Waals surface area contributed by atoms with E-state index < -0.39 is 32.0 Å². The van der Waals surface area contributed by atoms with E-state index >= 15 is 0 Å². The van der Waals surface area contributed by atoms with Crippen molar-refractivity contribution >= 4 is 54.2 Å². The van der Waals surface area contributed by atoms with E-state index in [1.54, 1.807) is 37.4 Å². The van der Waals surface area contributed by atoms with Gasteiger partial charge < -0.3 is 9.80 Å². The van der Waals surface area contributed by atoms with Gasteiger partial charge in [0.05, 0.1) is 17.7 Å². The lowest BCUT2D eigenvalue weighted by Crippen LogP contribution is -2.55. The van der Waals surface area contributed by atoms with Crippen LogP contribution in [0.3, 0.4) is 0 Å². The van der Waals surface area contributed by atoms with Gasteiger partial charge in [0.25, 0.3) is 0 Å². The number of piperidine rings is 1. The van der Waals surface area contributed by atoms with Gasteiger partial charge in [0.15, 0.2) is 0 Å². The van der Waals surface area contributed by atoms with Gasteiger partial charge in [-0.3, -0.25) is 14.5 Å². The zero-order valence-electron chi connectivity index (χ0n) is 23.9. The van der Waals surface area contributed by atoms with Crippen LogP contribution >= 0.6 is 11.6 Å². The van der Waals surface area contributed by atoms with E-state index in [1.807, 2.05) is 4.90 Å². The molecule has 0 aliphatic carbocycles. The number of likely N-dealkylation sites (tertiary alicyclic amines) is 3. The molecule has 3 saturated heterocycles. The van der Waals surface area contributed by atoms with Crippen LogP contribution in [0.5, 0.6) is 0 Å². The SMILES string of the molecule is CN(C1CCN(CC2CCCN2C(=O)CN2CCCC(NS(=O)(=O)c3ccc4cc(Cl)ccc4c3)C2=O)C1)S(C)(=O)=O. The summed E-state index contributed by atoms with van der Waals surface area (Å²) in [6.07, 6.45) is 4.61. The molecule has 2 aromatic rings. The van der Waals surface area contributed by atoms with Gasteiger partial charge in [-0.15, -0.1) is 0 Å². The molecular weight excluding hydrogens is 602 g/mol. The Balaban J connectivity index is 1.18. The molecule has 5 rings (SSSR count). The molecule has 230 valence electrons. The lowest BCUT2D eigenvalue weighted by molar-refractivity contribution is -0.143. The Bertz CT molecular complexity index is 1570. The van der Waals surface area contributed by atoms with Gasteiger partial charge in [0.1, 0.15) is 6.04 Å². The van der Waals surface area contributed by atoms with Crippen molar-refractivity contribution in [1.82, 2.24) is 23.7 Å². The van der Waals surface area contributed by atoms with E-state index in [1.165, 1.54) is 21.5 Å². The summed E-state index contributed by atoms with van der Waals surface area (Å²) >= 11 is 6.04. The van der Waals surface area contributed by atoms with Crippen LogP contribution in [0, 0.1) is 0 Å². The van der Waals surface area contributed by atoms with Crippen molar-refractivity contribution in [2.45, 2.75) is 55.1 Å². The molecule has 3 atom stereocenters. The maximum absolute atomic E-state index is 13.4. The van der Waals surface area contributed by atoms with Gasteiger partial charge >= 0.3 is 0 Å². The molecule has 2 aromatic carbocycles. The molecule has 0 saturated carbocycles. The Hall–Kier alpha value is -2.29. The number of halogens is 1. The van der Waals surface area contributed by atoms with Crippen molar-refractivity contribution in [3.05, 3.63) is 41.4 Å². The molecule has 0 bridgehead atoms. The zero-order valence-corrected chi connectivity index (χ0v) is 26.3. The maximum Gasteiger partial charge on any atom is 0.242 e. The first-order chi connectivity index (χ1) is 19.8. The summed E-state index contributed by atoms with van der Waals surface area (Å²) < 4.78 is 54.3. The number of amides is 2. The van der Waals surface area contributed by atoms with E-state index in [9.17, 15) is 26.4 Å². The number of benzene rings is 2. The van der Waals surface area contributed by atoms with E-state index in [0.29, 0.717) is 44.0 Å². The van der Waals surface area contributed by atoms with E-state index in [2.05, 4.69) is 9.62 Å². The maximum atomic E-state index is 13.4. The summed E-state index contributed by atoms with van der Waals surface area (Å²) in [6, 6.07) is 8.90. The third-order valence-electron chi connectivity index (χ3n) is 8.69. The molecule has 0 spiro atoms. The molecule has 11 nitrogen and oxygen atoms in total. The third-order valence-corrected chi connectivity index (χ3v) is 11.7. The van der Waals surface area contributed by atoms with Crippen molar-refractivity contribution in [3.63, 3.8) is 0 Å². The number of nitrogens with zero attached hydrogens (tertiary/aromatic N) is 4. The van der Waals surface area contributed by atoms with Crippen LogP contribution in [0.15, 0.2) is 41.3 Å². The molecule has 2 amide bonds. The number of fused-ring (bicyclic) bond motifs is 1. The topological polar surface area (TPSA) is 127 Å². The minimum Gasteiger partial charge on any atom is -0.337 e. The number of carbonyl (C=O) groups is 2. The fourth-order valence-electron chi connectivity index (χ4n) is 6.28. The Morgan fingerprint density at radius 2 is 1.71 bits per heavy atom. The molecule has 3 aliphatic heterocycles. The summed E-state index contributed by atoms with van der Waals surface area (Å²) in [5, 5.41) is 2.09. The molecule has 42 heavy (non-hydrogen) atoms. The monoisotopic (exact) mass is 639 g/mol. The average molecular weight is 640 g/mol. The van der Waals surface area contributed by atoms with Gasteiger partial charge in [-0.2, -0.15) is 4.72 Å². The van der Waals surface area contributed by atoms with Crippen LogP contribution in [-0.2, 0) is 29.6 Å². The summed E-state index contributed by atoms with van der Waals surface area (Å²) in [5.41, 5.74) is 0. The predicted octanol–water partition coefficient (Wildman–Crippen LogP) is 1.72. The van der Waals surface area contributed by atoms with Crippen LogP contribution < -0.4 is 4.72 Å². The number of hydrogen-bond donors (Lipinski definition) is 1. The first-order valence-corrected chi connectivity index (χ1v) is 18.0. The minimum atomic E-state index is -3.98. The lowest BCUT2D eigenvalue weighted by atomic mass is 10.1. The number of sulfonamides is 2. The fourth-order valence-corrected chi connectivity index (χ4v) is 8.43. The van der Waals surface area contributed by atoms with Crippen molar-refractivity contribution in [2.24, 2.45) is 0 Å². The smallest absolute Gasteiger partial charge is 0.242 e. The van der Waals surface area contributed by atoms with Crippen molar-refractivity contribution in [3.8, 4) is 0 Å². The molecule has 3 aliphatic rings. The van der Waals surface area contributed by atoms with E-state index in [-0.39, 0.29) is 29.4 Å². The van der Waals surface area contributed by atoms with E-state index in [0.717, 1.165) is 36.6 Å².